The standard InChI is InChI=1S/C24H21N3O4S/c1-2-31-20-12-10-19(11-13-20)27-32(29,30)21-14-8-18(9-15-21)24(28)26-22-7-3-5-17-6-4-16-25-23(17)22/h3-16,27H,2H2,1H3,(H,26,28). The van der Waals surface area contributed by atoms with Gasteiger partial charge in [0, 0.05) is 22.8 Å². The van der Waals surface area contributed by atoms with E-state index in [1.807, 2.05) is 31.2 Å². The zero-order valence-electron chi connectivity index (χ0n) is 17.3. The number of fused-ring (bicyclic) bond motifs is 1. The molecule has 3 aromatic carbocycles. The molecular formula is C24H21N3O4S. The van der Waals surface area contributed by atoms with E-state index in [0.717, 1.165) is 5.39 Å². The summed E-state index contributed by atoms with van der Waals surface area (Å²) in [7, 11) is -3.80. The minimum Gasteiger partial charge on any atom is -0.494 e. The molecule has 0 fully saturated rings. The van der Waals surface area contributed by atoms with Gasteiger partial charge in [-0.1, -0.05) is 18.2 Å². The van der Waals surface area contributed by atoms with Gasteiger partial charge in [-0.2, -0.15) is 0 Å². The second kappa shape index (κ2) is 9.07. The van der Waals surface area contributed by atoms with E-state index in [0.29, 0.717) is 34.8 Å². The van der Waals surface area contributed by atoms with Gasteiger partial charge in [0.05, 0.1) is 22.7 Å². The number of pyridine rings is 1. The van der Waals surface area contributed by atoms with E-state index in [-0.39, 0.29) is 10.8 Å². The van der Waals surface area contributed by atoms with E-state index in [4.69, 9.17) is 4.74 Å². The number of sulfonamides is 1. The first-order chi connectivity index (χ1) is 15.5. The van der Waals surface area contributed by atoms with Crippen molar-refractivity contribution in [1.29, 1.82) is 0 Å². The van der Waals surface area contributed by atoms with Gasteiger partial charge in [-0.25, -0.2) is 8.42 Å². The molecule has 0 saturated heterocycles. The predicted octanol–water partition coefficient (Wildman–Crippen LogP) is 4.69. The molecule has 4 aromatic rings. The van der Waals surface area contributed by atoms with Crippen molar-refractivity contribution in [3.63, 3.8) is 0 Å². The summed E-state index contributed by atoms with van der Waals surface area (Å²) < 4.78 is 33.2. The Bertz CT molecular complexity index is 1350. The molecule has 1 aromatic heterocycles. The molecule has 0 atom stereocenters. The lowest BCUT2D eigenvalue weighted by molar-refractivity contribution is 0.102. The minimum absolute atomic E-state index is 0.0507. The highest BCUT2D eigenvalue weighted by molar-refractivity contribution is 7.92. The SMILES string of the molecule is CCOc1ccc(NS(=O)(=O)c2ccc(C(=O)Nc3cccc4cccnc34)cc2)cc1. The molecule has 4 rings (SSSR count). The third kappa shape index (κ3) is 4.70. The van der Waals surface area contributed by atoms with Crippen LogP contribution in [0.5, 0.6) is 5.75 Å². The fourth-order valence-electron chi connectivity index (χ4n) is 3.18. The number of amides is 1. The van der Waals surface area contributed by atoms with Crippen LogP contribution in [0.25, 0.3) is 10.9 Å². The number of nitrogens with one attached hydrogen (secondary N) is 2. The molecule has 8 heteroatoms. The first-order valence-corrected chi connectivity index (χ1v) is 11.5. The predicted molar refractivity (Wildman–Crippen MR) is 125 cm³/mol. The molecule has 2 N–H and O–H groups in total. The molecule has 0 saturated carbocycles. The number of carbonyl (C=O) groups excluding carboxylic acids is 1. The van der Waals surface area contributed by atoms with Gasteiger partial charge in [-0.15, -0.1) is 0 Å². The van der Waals surface area contributed by atoms with Crippen LogP contribution < -0.4 is 14.8 Å². The maximum absolute atomic E-state index is 12.7. The highest BCUT2D eigenvalue weighted by Crippen LogP contribution is 2.23. The smallest absolute Gasteiger partial charge is 0.261 e. The van der Waals surface area contributed by atoms with Crippen LogP contribution in [0.15, 0.2) is 90.0 Å². The molecule has 0 unspecified atom stereocenters. The van der Waals surface area contributed by atoms with Crippen molar-refractivity contribution in [3.05, 3.63) is 90.6 Å². The van der Waals surface area contributed by atoms with Crippen molar-refractivity contribution in [3.8, 4) is 5.75 Å². The van der Waals surface area contributed by atoms with Crippen molar-refractivity contribution in [1.82, 2.24) is 4.98 Å². The minimum atomic E-state index is -3.80. The summed E-state index contributed by atoms with van der Waals surface area (Å²) in [5.74, 6) is 0.304. The van der Waals surface area contributed by atoms with Crippen molar-refractivity contribution < 1.29 is 17.9 Å². The lowest BCUT2D eigenvalue weighted by Crippen LogP contribution is -2.15. The Morgan fingerprint density at radius 2 is 1.66 bits per heavy atom. The Morgan fingerprint density at radius 1 is 0.938 bits per heavy atom. The molecule has 0 bridgehead atoms. The summed E-state index contributed by atoms with van der Waals surface area (Å²) in [5, 5.41) is 3.75. The molecule has 162 valence electrons. The van der Waals surface area contributed by atoms with Crippen molar-refractivity contribution in [2.75, 3.05) is 16.6 Å². The average Bonchev–Trinajstić information content (AvgIpc) is 2.81. The van der Waals surface area contributed by atoms with E-state index >= 15 is 0 Å². The number of rotatable bonds is 7. The number of carbonyl (C=O) groups is 1. The van der Waals surface area contributed by atoms with E-state index in [2.05, 4.69) is 15.0 Å². The third-order valence-electron chi connectivity index (χ3n) is 4.73. The Kier molecular flexibility index (Phi) is 6.04. The van der Waals surface area contributed by atoms with Crippen molar-refractivity contribution >= 4 is 38.2 Å². The number of benzene rings is 3. The van der Waals surface area contributed by atoms with Crippen LogP contribution in [0.2, 0.25) is 0 Å². The molecule has 0 radical (unpaired) electrons. The van der Waals surface area contributed by atoms with Crippen LogP contribution >= 0.6 is 0 Å². The summed E-state index contributed by atoms with van der Waals surface area (Å²) >= 11 is 0. The Balaban J connectivity index is 1.48. The lowest BCUT2D eigenvalue weighted by Gasteiger charge is -2.11. The third-order valence-corrected chi connectivity index (χ3v) is 6.12. The number of ether oxygens (including phenoxy) is 1. The molecule has 0 spiro atoms. The van der Waals surface area contributed by atoms with Gasteiger partial charge in [0.2, 0.25) is 0 Å². The van der Waals surface area contributed by atoms with Crippen LogP contribution in [0, 0.1) is 0 Å². The summed E-state index contributed by atoms with van der Waals surface area (Å²) in [6.45, 7) is 2.40. The largest absolute Gasteiger partial charge is 0.494 e. The summed E-state index contributed by atoms with van der Waals surface area (Å²) in [6, 6.07) is 21.6. The maximum atomic E-state index is 12.7. The zero-order chi connectivity index (χ0) is 22.6. The molecule has 1 heterocycles. The van der Waals surface area contributed by atoms with E-state index in [1.54, 1.807) is 36.5 Å². The van der Waals surface area contributed by atoms with Crippen LogP contribution in [-0.2, 0) is 10.0 Å². The van der Waals surface area contributed by atoms with Gasteiger partial charge >= 0.3 is 0 Å². The van der Waals surface area contributed by atoms with E-state index in [9.17, 15) is 13.2 Å². The van der Waals surface area contributed by atoms with Crippen LogP contribution in [-0.4, -0.2) is 25.9 Å². The van der Waals surface area contributed by atoms with E-state index in [1.165, 1.54) is 24.3 Å². The fraction of sp³-hybridized carbons (Fsp3) is 0.0833. The van der Waals surface area contributed by atoms with Gasteiger partial charge in [-0.05, 0) is 67.6 Å². The van der Waals surface area contributed by atoms with Gasteiger partial charge < -0.3 is 10.1 Å². The summed E-state index contributed by atoms with van der Waals surface area (Å²) in [5.41, 5.74) is 2.01. The molecule has 0 aliphatic rings. The Hall–Kier alpha value is -3.91. The number of hydrogen-bond donors (Lipinski definition) is 2. The topological polar surface area (TPSA) is 97.4 Å². The Labute approximate surface area is 186 Å². The molecule has 1 amide bonds. The van der Waals surface area contributed by atoms with Gasteiger partial charge in [0.15, 0.2) is 0 Å². The van der Waals surface area contributed by atoms with Gasteiger partial charge in [-0.3, -0.25) is 14.5 Å². The van der Waals surface area contributed by atoms with Crippen LogP contribution in [0.3, 0.4) is 0 Å². The number of nitrogens with zero attached hydrogens (tertiary/aromatic N) is 1. The number of anilines is 2. The Morgan fingerprint density at radius 3 is 2.38 bits per heavy atom. The quantitative estimate of drug-likeness (QED) is 0.428. The van der Waals surface area contributed by atoms with Gasteiger partial charge in [0.1, 0.15) is 5.75 Å². The van der Waals surface area contributed by atoms with Gasteiger partial charge in [0.25, 0.3) is 15.9 Å². The monoisotopic (exact) mass is 447 g/mol. The normalized spacial score (nSPS) is 11.2. The highest BCUT2D eigenvalue weighted by atomic mass is 32.2. The van der Waals surface area contributed by atoms with Crippen molar-refractivity contribution in [2.45, 2.75) is 11.8 Å². The first kappa shape index (κ1) is 21.3. The molecule has 0 aliphatic carbocycles. The molecule has 7 nitrogen and oxygen atoms in total. The second-order valence-corrected chi connectivity index (χ2v) is 8.60. The zero-order valence-corrected chi connectivity index (χ0v) is 18.1. The average molecular weight is 448 g/mol. The lowest BCUT2D eigenvalue weighted by atomic mass is 10.1. The number of aromatic nitrogens is 1. The first-order valence-electron chi connectivity index (χ1n) is 9.97. The fourth-order valence-corrected chi connectivity index (χ4v) is 4.24. The van der Waals surface area contributed by atoms with Crippen LogP contribution in [0.1, 0.15) is 17.3 Å². The molecule has 32 heavy (non-hydrogen) atoms. The highest BCUT2D eigenvalue weighted by Gasteiger charge is 2.16. The number of hydrogen-bond acceptors (Lipinski definition) is 5. The maximum Gasteiger partial charge on any atom is 0.261 e. The summed E-state index contributed by atoms with van der Waals surface area (Å²) in [6.07, 6.45) is 1.66. The second-order valence-electron chi connectivity index (χ2n) is 6.92. The molecular weight excluding hydrogens is 426 g/mol. The number of para-hydroxylation sites is 1. The van der Waals surface area contributed by atoms with E-state index < -0.39 is 10.0 Å². The summed E-state index contributed by atoms with van der Waals surface area (Å²) in [4.78, 5) is 17.0. The van der Waals surface area contributed by atoms with Crippen LogP contribution in [0.4, 0.5) is 11.4 Å². The molecule has 0 aliphatic heterocycles. The van der Waals surface area contributed by atoms with Crippen molar-refractivity contribution in [2.24, 2.45) is 0 Å².